The highest BCUT2D eigenvalue weighted by Gasteiger charge is 2.51. The molecule has 0 unspecified atom stereocenters. The van der Waals surface area contributed by atoms with Crippen LogP contribution in [0, 0.1) is 6.92 Å². The predicted octanol–water partition coefficient (Wildman–Crippen LogP) is 9.10. The molecule has 0 radical (unpaired) electrons. The third-order valence-electron chi connectivity index (χ3n) is 13.0. The van der Waals surface area contributed by atoms with Crippen molar-refractivity contribution in [1.82, 2.24) is 0 Å². The van der Waals surface area contributed by atoms with Crippen LogP contribution in [-0.4, -0.2) is 14.8 Å². The molecule has 3 aliphatic heterocycles. The molecule has 0 atom stereocenters. The van der Waals surface area contributed by atoms with Gasteiger partial charge < -0.3 is 9.80 Å². The second kappa shape index (κ2) is 13.2. The smallest absolute Gasteiger partial charge is 0.252 e. The minimum Gasteiger partial charge on any atom is -0.311 e. The maximum absolute atomic E-state index is 2.76. The summed E-state index contributed by atoms with van der Waals surface area (Å²) in [5.41, 5.74) is 17.6. The van der Waals surface area contributed by atoms with Crippen LogP contribution >= 0.6 is 0 Å². The Balaban J connectivity index is 1.24. The van der Waals surface area contributed by atoms with E-state index in [0.717, 1.165) is 11.4 Å². The quantitative estimate of drug-likeness (QED) is 0.162. The predicted molar refractivity (Wildman–Crippen MR) is 253 cm³/mol. The molecule has 0 amide bonds. The number of nitrogens with zero attached hydrogens (tertiary/aromatic N) is 2. The van der Waals surface area contributed by atoms with Crippen molar-refractivity contribution in [2.75, 3.05) is 9.80 Å². The first-order valence-corrected chi connectivity index (χ1v) is 22.6. The molecule has 3 heterocycles. The molecule has 59 heavy (non-hydrogen) atoms. The first kappa shape index (κ1) is 34.0. The first-order valence-electron chi connectivity index (χ1n) is 20.6. The standard InChI is InChI=1S/C55H39BN2Si/c1-38-20-14-15-29-44(38)39-34-51-55-52(35-39)58(41-23-8-3-9-24-41)50-36-46-45-30-16-19-33-53(45)59(42-25-10-4-11-26-42,43-27-12-5-13-28-43)54(46)37-48(50)56(55)47-31-17-18-32-49(47)57(51)40-21-6-2-7-22-40/h2-37H,1H3. The average molecular weight is 767 g/mol. The molecule has 0 aliphatic carbocycles. The molecule has 2 nitrogen and oxygen atoms in total. The number of fused-ring (bicyclic) bond motifs is 7. The van der Waals surface area contributed by atoms with Gasteiger partial charge in [-0.15, -0.1) is 0 Å². The molecule has 276 valence electrons. The summed E-state index contributed by atoms with van der Waals surface area (Å²) in [5, 5.41) is 5.75. The number of aryl methyl sites for hydroxylation is 1. The fourth-order valence-electron chi connectivity index (χ4n) is 10.6. The summed E-state index contributed by atoms with van der Waals surface area (Å²) >= 11 is 0. The van der Waals surface area contributed by atoms with E-state index in [-0.39, 0.29) is 6.71 Å². The largest absolute Gasteiger partial charge is 0.311 e. The van der Waals surface area contributed by atoms with Gasteiger partial charge in [0.25, 0.3) is 6.71 Å². The SMILES string of the molecule is Cc1ccccc1-c1cc2c3c(c1)N(c1ccccc1)c1cc4c(cc1B3c1ccccc1N2c1ccccc1)[Si](c1ccccc1)(c1ccccc1)c1ccccc1-4. The van der Waals surface area contributed by atoms with Crippen LogP contribution in [0.3, 0.4) is 0 Å². The molecule has 0 spiro atoms. The van der Waals surface area contributed by atoms with Crippen molar-refractivity contribution >= 4 is 86.0 Å². The molecule has 12 rings (SSSR count). The van der Waals surface area contributed by atoms with Crippen LogP contribution in [-0.2, 0) is 0 Å². The van der Waals surface area contributed by atoms with Gasteiger partial charge in [-0.3, -0.25) is 0 Å². The minimum absolute atomic E-state index is 0.00398. The Hall–Kier alpha value is -7.14. The lowest BCUT2D eigenvalue weighted by molar-refractivity contribution is 1.25. The van der Waals surface area contributed by atoms with Crippen molar-refractivity contribution in [2.45, 2.75) is 6.92 Å². The van der Waals surface area contributed by atoms with Gasteiger partial charge in [0.15, 0.2) is 8.07 Å². The van der Waals surface area contributed by atoms with Crippen LogP contribution < -0.4 is 46.9 Å². The maximum atomic E-state index is 2.66. The molecular weight excluding hydrogens is 728 g/mol. The van der Waals surface area contributed by atoms with Crippen molar-refractivity contribution in [1.29, 1.82) is 0 Å². The average Bonchev–Trinajstić information content (AvgIpc) is 3.59. The van der Waals surface area contributed by atoms with E-state index in [1.807, 2.05) is 0 Å². The van der Waals surface area contributed by atoms with E-state index in [2.05, 4.69) is 235 Å². The van der Waals surface area contributed by atoms with E-state index < -0.39 is 8.07 Å². The first-order chi connectivity index (χ1) is 29.2. The van der Waals surface area contributed by atoms with Crippen LogP contribution in [0.25, 0.3) is 22.3 Å². The fourth-order valence-corrected chi connectivity index (χ4v) is 15.8. The highest BCUT2D eigenvalue weighted by Crippen LogP contribution is 2.47. The van der Waals surface area contributed by atoms with Gasteiger partial charge in [-0.05, 0) is 120 Å². The fraction of sp³-hybridized carbons (Fsp3) is 0.0182. The van der Waals surface area contributed by atoms with Crippen molar-refractivity contribution in [2.24, 2.45) is 0 Å². The summed E-state index contributed by atoms with van der Waals surface area (Å²) in [6, 6.07) is 82.1. The number of benzene rings is 9. The van der Waals surface area contributed by atoms with E-state index in [1.165, 1.54) is 87.7 Å². The van der Waals surface area contributed by atoms with E-state index >= 15 is 0 Å². The zero-order valence-corrected chi connectivity index (χ0v) is 33.8. The Morgan fingerprint density at radius 3 is 1.51 bits per heavy atom. The Morgan fingerprint density at radius 2 is 0.881 bits per heavy atom. The second-order valence-corrected chi connectivity index (χ2v) is 19.8. The normalized spacial score (nSPS) is 13.9. The van der Waals surface area contributed by atoms with Gasteiger partial charge in [-0.1, -0.05) is 170 Å². The lowest BCUT2D eigenvalue weighted by atomic mass is 9.33. The van der Waals surface area contributed by atoms with Crippen molar-refractivity contribution in [3.05, 3.63) is 224 Å². The van der Waals surface area contributed by atoms with Crippen LogP contribution in [0.5, 0.6) is 0 Å². The van der Waals surface area contributed by atoms with Gasteiger partial charge in [0, 0.05) is 34.1 Å². The van der Waals surface area contributed by atoms with Gasteiger partial charge >= 0.3 is 0 Å². The van der Waals surface area contributed by atoms with Gasteiger partial charge in [0.05, 0.1) is 0 Å². The summed E-state index contributed by atoms with van der Waals surface area (Å²) in [5.74, 6) is 0. The second-order valence-electron chi connectivity index (χ2n) is 16.1. The maximum Gasteiger partial charge on any atom is 0.252 e. The topological polar surface area (TPSA) is 6.48 Å². The summed E-state index contributed by atoms with van der Waals surface area (Å²) < 4.78 is 0. The summed E-state index contributed by atoms with van der Waals surface area (Å²) in [6.45, 7) is 2.23. The highest BCUT2D eigenvalue weighted by atomic mass is 28.3. The van der Waals surface area contributed by atoms with Crippen LogP contribution in [0.15, 0.2) is 218 Å². The Morgan fingerprint density at radius 1 is 0.373 bits per heavy atom. The van der Waals surface area contributed by atoms with Crippen LogP contribution in [0.1, 0.15) is 5.56 Å². The van der Waals surface area contributed by atoms with E-state index in [4.69, 9.17) is 0 Å². The van der Waals surface area contributed by atoms with Gasteiger partial charge in [-0.2, -0.15) is 0 Å². The molecule has 3 aliphatic rings. The van der Waals surface area contributed by atoms with E-state index in [0.29, 0.717) is 0 Å². The number of anilines is 6. The van der Waals surface area contributed by atoms with Gasteiger partial charge in [0.1, 0.15) is 0 Å². The number of rotatable bonds is 5. The molecule has 0 bridgehead atoms. The molecular formula is C55H39BN2Si. The lowest BCUT2D eigenvalue weighted by Crippen LogP contribution is -2.73. The molecule has 0 fully saturated rings. The van der Waals surface area contributed by atoms with Crippen molar-refractivity contribution < 1.29 is 0 Å². The molecule has 0 saturated heterocycles. The van der Waals surface area contributed by atoms with Gasteiger partial charge in [0.2, 0.25) is 0 Å². The van der Waals surface area contributed by atoms with Crippen LogP contribution in [0.2, 0.25) is 0 Å². The van der Waals surface area contributed by atoms with Crippen molar-refractivity contribution in [3.63, 3.8) is 0 Å². The zero-order valence-electron chi connectivity index (χ0n) is 32.8. The molecule has 9 aromatic rings. The molecule has 4 heteroatoms. The summed E-state index contributed by atoms with van der Waals surface area (Å²) in [7, 11) is -2.76. The van der Waals surface area contributed by atoms with Crippen LogP contribution in [0.4, 0.5) is 34.1 Å². The molecule has 0 saturated carbocycles. The summed E-state index contributed by atoms with van der Waals surface area (Å²) in [4.78, 5) is 5.08. The Labute approximate surface area is 347 Å². The molecule has 0 aromatic heterocycles. The number of hydrogen-bond acceptors (Lipinski definition) is 2. The zero-order chi connectivity index (χ0) is 39.1. The number of hydrogen-bond donors (Lipinski definition) is 0. The molecule has 9 aromatic carbocycles. The summed E-state index contributed by atoms with van der Waals surface area (Å²) in [6.07, 6.45) is 0. The third kappa shape index (κ3) is 4.87. The third-order valence-corrected chi connectivity index (χ3v) is 17.9. The molecule has 0 N–H and O–H groups in total. The highest BCUT2D eigenvalue weighted by molar-refractivity contribution is 7.22. The minimum atomic E-state index is -2.76. The monoisotopic (exact) mass is 766 g/mol. The Kier molecular flexibility index (Phi) is 7.60. The lowest BCUT2D eigenvalue weighted by Gasteiger charge is -2.45. The number of para-hydroxylation sites is 3. The van der Waals surface area contributed by atoms with Gasteiger partial charge in [-0.25, -0.2) is 0 Å². The van der Waals surface area contributed by atoms with E-state index in [1.54, 1.807) is 0 Å². The van der Waals surface area contributed by atoms with E-state index in [9.17, 15) is 0 Å². The van der Waals surface area contributed by atoms with Crippen molar-refractivity contribution in [3.8, 4) is 22.3 Å². The Bertz CT molecular complexity index is 3040.